The van der Waals surface area contributed by atoms with Crippen LogP contribution in [0.5, 0.6) is 5.75 Å². The molecule has 2 N–H and O–H groups in total. The summed E-state index contributed by atoms with van der Waals surface area (Å²) in [4.78, 5) is 12.1. The van der Waals surface area contributed by atoms with Gasteiger partial charge < -0.3 is 10.1 Å². The van der Waals surface area contributed by atoms with Crippen molar-refractivity contribution in [2.45, 2.75) is 17.7 Å². The number of amides is 1. The van der Waals surface area contributed by atoms with Gasteiger partial charge in [0.2, 0.25) is 15.9 Å². The van der Waals surface area contributed by atoms with Crippen LogP contribution in [0.2, 0.25) is 10.0 Å². The fourth-order valence-electron chi connectivity index (χ4n) is 2.07. The molecule has 0 aromatic heterocycles. The standard InChI is InChI=1S/C17H18Cl2N2O4S/c1-20-26(23,24)14-7-5-13(6-8-14)21-17(22)3-2-10-25-16-9-4-12(18)11-15(16)19/h4-9,11,20H,2-3,10H2,1H3,(H,21,22). The summed E-state index contributed by atoms with van der Waals surface area (Å²) in [5, 5.41) is 3.64. The Kier molecular flexibility index (Phi) is 7.28. The molecule has 140 valence electrons. The summed E-state index contributed by atoms with van der Waals surface area (Å²) in [6.45, 7) is 0.328. The molecule has 6 nitrogen and oxygen atoms in total. The number of hydrogen-bond acceptors (Lipinski definition) is 4. The van der Waals surface area contributed by atoms with E-state index in [-0.39, 0.29) is 17.2 Å². The molecular formula is C17H18Cl2N2O4S. The monoisotopic (exact) mass is 416 g/mol. The minimum Gasteiger partial charge on any atom is -0.492 e. The van der Waals surface area contributed by atoms with Crippen LogP contribution in [0.15, 0.2) is 47.4 Å². The maximum atomic E-state index is 11.9. The minimum absolute atomic E-state index is 0.131. The van der Waals surface area contributed by atoms with Crippen molar-refractivity contribution in [3.63, 3.8) is 0 Å². The SMILES string of the molecule is CNS(=O)(=O)c1ccc(NC(=O)CCCOc2ccc(Cl)cc2Cl)cc1. The van der Waals surface area contributed by atoms with Gasteiger partial charge in [-0.05, 0) is 55.9 Å². The van der Waals surface area contributed by atoms with Crippen molar-refractivity contribution < 1.29 is 17.9 Å². The molecular weight excluding hydrogens is 399 g/mol. The maximum absolute atomic E-state index is 11.9. The smallest absolute Gasteiger partial charge is 0.240 e. The molecule has 0 saturated heterocycles. The number of ether oxygens (including phenoxy) is 1. The van der Waals surface area contributed by atoms with Gasteiger partial charge in [-0.15, -0.1) is 0 Å². The molecule has 9 heteroatoms. The molecule has 0 fully saturated rings. The number of carbonyl (C=O) groups is 1. The van der Waals surface area contributed by atoms with Gasteiger partial charge in [0.1, 0.15) is 5.75 Å². The van der Waals surface area contributed by atoms with E-state index in [0.29, 0.717) is 34.5 Å². The molecule has 0 heterocycles. The van der Waals surface area contributed by atoms with Crippen LogP contribution in [0.1, 0.15) is 12.8 Å². The van der Waals surface area contributed by atoms with Crippen molar-refractivity contribution in [1.29, 1.82) is 0 Å². The van der Waals surface area contributed by atoms with Gasteiger partial charge >= 0.3 is 0 Å². The molecule has 0 radical (unpaired) electrons. The van der Waals surface area contributed by atoms with Crippen molar-refractivity contribution in [1.82, 2.24) is 4.72 Å². The predicted octanol–water partition coefficient (Wildman–Crippen LogP) is 3.70. The van der Waals surface area contributed by atoms with E-state index >= 15 is 0 Å². The van der Waals surface area contributed by atoms with Crippen LogP contribution < -0.4 is 14.8 Å². The Morgan fingerprint density at radius 2 is 1.81 bits per heavy atom. The molecule has 26 heavy (non-hydrogen) atoms. The highest BCUT2D eigenvalue weighted by Gasteiger charge is 2.11. The summed E-state index contributed by atoms with van der Waals surface area (Å²) in [5.41, 5.74) is 0.520. The van der Waals surface area contributed by atoms with Gasteiger partial charge in [0, 0.05) is 17.1 Å². The van der Waals surface area contributed by atoms with E-state index in [1.807, 2.05) is 0 Å². The maximum Gasteiger partial charge on any atom is 0.240 e. The van der Waals surface area contributed by atoms with Gasteiger partial charge in [0.25, 0.3) is 0 Å². The van der Waals surface area contributed by atoms with Crippen molar-refractivity contribution in [2.24, 2.45) is 0 Å². The normalized spacial score (nSPS) is 11.2. The van der Waals surface area contributed by atoms with E-state index in [0.717, 1.165) is 0 Å². The second kappa shape index (κ2) is 9.23. The average Bonchev–Trinajstić information content (AvgIpc) is 2.60. The average molecular weight is 417 g/mol. The van der Waals surface area contributed by atoms with Crippen molar-refractivity contribution in [3.8, 4) is 5.75 Å². The lowest BCUT2D eigenvalue weighted by Gasteiger charge is -2.09. The van der Waals surface area contributed by atoms with Gasteiger partial charge in [0.05, 0.1) is 16.5 Å². The molecule has 0 atom stereocenters. The van der Waals surface area contributed by atoms with E-state index in [2.05, 4.69) is 10.0 Å². The van der Waals surface area contributed by atoms with Gasteiger partial charge in [-0.25, -0.2) is 13.1 Å². The summed E-state index contributed by atoms with van der Waals surface area (Å²) < 4.78 is 31.0. The van der Waals surface area contributed by atoms with E-state index in [1.54, 1.807) is 18.2 Å². The zero-order chi connectivity index (χ0) is 19.2. The molecule has 0 aliphatic carbocycles. The molecule has 0 spiro atoms. The van der Waals surface area contributed by atoms with E-state index in [9.17, 15) is 13.2 Å². The number of benzene rings is 2. The molecule has 0 bridgehead atoms. The van der Waals surface area contributed by atoms with Crippen molar-refractivity contribution >= 4 is 44.8 Å². The predicted molar refractivity (Wildman–Crippen MR) is 103 cm³/mol. The fourth-order valence-corrected chi connectivity index (χ4v) is 3.26. The third kappa shape index (κ3) is 5.88. The van der Waals surface area contributed by atoms with Gasteiger partial charge in [-0.3, -0.25) is 4.79 Å². The first-order chi connectivity index (χ1) is 12.3. The topological polar surface area (TPSA) is 84.5 Å². The lowest BCUT2D eigenvalue weighted by Crippen LogP contribution is -2.18. The largest absolute Gasteiger partial charge is 0.492 e. The Bertz CT molecular complexity index is 871. The molecule has 0 aliphatic rings. The van der Waals surface area contributed by atoms with Gasteiger partial charge in [-0.1, -0.05) is 23.2 Å². The van der Waals surface area contributed by atoms with E-state index in [1.165, 1.54) is 31.3 Å². The Morgan fingerprint density at radius 1 is 1.12 bits per heavy atom. The van der Waals surface area contributed by atoms with Crippen LogP contribution in [0.25, 0.3) is 0 Å². The number of sulfonamides is 1. The molecule has 0 saturated carbocycles. The van der Waals surface area contributed by atoms with Crippen LogP contribution in [0.4, 0.5) is 5.69 Å². The fraction of sp³-hybridized carbons (Fsp3) is 0.235. The molecule has 1 amide bonds. The first-order valence-electron chi connectivity index (χ1n) is 7.73. The summed E-state index contributed by atoms with van der Waals surface area (Å²) in [5.74, 6) is 0.317. The van der Waals surface area contributed by atoms with Crippen molar-refractivity contribution in [2.75, 3.05) is 19.0 Å². The number of carbonyl (C=O) groups excluding carboxylic acids is 1. The molecule has 2 aromatic carbocycles. The number of halogens is 2. The van der Waals surface area contributed by atoms with Gasteiger partial charge in [0.15, 0.2) is 0 Å². The minimum atomic E-state index is -3.49. The molecule has 0 aliphatic heterocycles. The highest BCUT2D eigenvalue weighted by atomic mass is 35.5. The Morgan fingerprint density at radius 3 is 2.42 bits per heavy atom. The highest BCUT2D eigenvalue weighted by molar-refractivity contribution is 7.89. The van der Waals surface area contributed by atoms with E-state index < -0.39 is 10.0 Å². The Hall–Kier alpha value is -1.80. The third-order valence-corrected chi connectivity index (χ3v) is 5.38. The van der Waals surface area contributed by atoms with Crippen LogP contribution in [0, 0.1) is 0 Å². The zero-order valence-corrected chi connectivity index (χ0v) is 16.3. The number of anilines is 1. The Balaban J connectivity index is 1.78. The summed E-state index contributed by atoms with van der Waals surface area (Å²) >= 11 is 11.8. The zero-order valence-electron chi connectivity index (χ0n) is 14.0. The second-order valence-corrected chi connectivity index (χ2v) is 8.04. The van der Waals surface area contributed by atoms with Crippen LogP contribution in [-0.4, -0.2) is 28.0 Å². The number of nitrogens with one attached hydrogen (secondary N) is 2. The van der Waals surface area contributed by atoms with E-state index in [4.69, 9.17) is 27.9 Å². The summed E-state index contributed by atoms with van der Waals surface area (Å²) in [6, 6.07) is 10.8. The number of hydrogen-bond donors (Lipinski definition) is 2. The Labute approximate surface area is 162 Å². The quantitative estimate of drug-likeness (QED) is 0.642. The van der Waals surface area contributed by atoms with Gasteiger partial charge in [-0.2, -0.15) is 0 Å². The molecule has 2 rings (SSSR count). The lowest BCUT2D eigenvalue weighted by molar-refractivity contribution is -0.116. The molecule has 0 unspecified atom stereocenters. The first-order valence-corrected chi connectivity index (χ1v) is 9.97. The third-order valence-electron chi connectivity index (χ3n) is 3.42. The second-order valence-electron chi connectivity index (χ2n) is 5.31. The summed E-state index contributed by atoms with van der Waals surface area (Å²) in [6.07, 6.45) is 0.749. The lowest BCUT2D eigenvalue weighted by atomic mass is 10.2. The van der Waals surface area contributed by atoms with Crippen LogP contribution in [0.3, 0.4) is 0 Å². The van der Waals surface area contributed by atoms with Crippen LogP contribution >= 0.6 is 23.2 Å². The molecule has 2 aromatic rings. The highest BCUT2D eigenvalue weighted by Crippen LogP contribution is 2.27. The number of rotatable bonds is 8. The van der Waals surface area contributed by atoms with Crippen molar-refractivity contribution in [3.05, 3.63) is 52.5 Å². The summed E-state index contributed by atoms with van der Waals surface area (Å²) in [7, 11) is -2.15. The van der Waals surface area contributed by atoms with Crippen LogP contribution in [-0.2, 0) is 14.8 Å². The first kappa shape index (κ1) is 20.5.